The molecular formula is C22H22N4O4S2. The van der Waals surface area contributed by atoms with E-state index in [0.29, 0.717) is 11.6 Å². The van der Waals surface area contributed by atoms with E-state index in [1.54, 1.807) is 0 Å². The van der Waals surface area contributed by atoms with Gasteiger partial charge in [0, 0.05) is 17.2 Å². The zero-order chi connectivity index (χ0) is 22.6. The third-order valence-corrected chi connectivity index (χ3v) is 7.59. The fourth-order valence-corrected chi connectivity index (χ4v) is 5.81. The zero-order valence-electron chi connectivity index (χ0n) is 17.1. The predicted molar refractivity (Wildman–Crippen MR) is 124 cm³/mol. The number of sulfone groups is 1. The molecule has 8 nitrogen and oxygen atoms in total. The van der Waals surface area contributed by atoms with Crippen LogP contribution in [-0.4, -0.2) is 53.6 Å². The summed E-state index contributed by atoms with van der Waals surface area (Å²) in [5.41, 5.74) is 3.55. The van der Waals surface area contributed by atoms with Crippen molar-refractivity contribution in [3.63, 3.8) is 0 Å². The van der Waals surface area contributed by atoms with Crippen molar-refractivity contribution in [1.82, 2.24) is 20.6 Å². The van der Waals surface area contributed by atoms with Crippen molar-refractivity contribution < 1.29 is 18.0 Å². The number of carbonyl (C=O) groups excluding carboxylic acids is 2. The Labute approximate surface area is 190 Å². The summed E-state index contributed by atoms with van der Waals surface area (Å²) in [6, 6.07) is 18.4. The smallest absolute Gasteiger partial charge is 0.321 e. The molecule has 166 valence electrons. The molecule has 0 aliphatic carbocycles. The second-order valence-electron chi connectivity index (χ2n) is 7.41. The number of hydrogen-bond acceptors (Lipinski definition) is 6. The van der Waals surface area contributed by atoms with Crippen LogP contribution in [0.1, 0.15) is 6.42 Å². The summed E-state index contributed by atoms with van der Waals surface area (Å²) < 4.78 is 23.0. The van der Waals surface area contributed by atoms with Gasteiger partial charge in [-0.3, -0.25) is 10.1 Å². The van der Waals surface area contributed by atoms with Gasteiger partial charge in [-0.05, 0) is 6.42 Å². The molecule has 1 aromatic heterocycles. The Balaban J connectivity index is 1.40. The summed E-state index contributed by atoms with van der Waals surface area (Å²) in [5.74, 6) is -0.562. The van der Waals surface area contributed by atoms with Gasteiger partial charge in [-0.25, -0.2) is 18.2 Å². The summed E-state index contributed by atoms with van der Waals surface area (Å²) in [4.78, 5) is 32.1. The number of rotatable bonds is 6. The lowest BCUT2D eigenvalue weighted by Gasteiger charge is -2.10. The summed E-state index contributed by atoms with van der Waals surface area (Å²) in [7, 11) is -3.11. The number of thioether (sulfide) groups is 1. The van der Waals surface area contributed by atoms with Gasteiger partial charge in [-0.15, -0.1) is 0 Å². The molecule has 1 aliphatic rings. The van der Waals surface area contributed by atoms with Crippen molar-refractivity contribution in [1.29, 1.82) is 0 Å². The van der Waals surface area contributed by atoms with Gasteiger partial charge in [0.1, 0.15) is 0 Å². The molecule has 2 heterocycles. The Kier molecular flexibility index (Phi) is 6.61. The SMILES string of the molecule is O=C(CSc1nc(-c2ccccc2)c(-c2ccccc2)[nH]1)NC(=O)N[C@H]1CCS(=O)(=O)C1. The lowest BCUT2D eigenvalue weighted by atomic mass is 10.1. The van der Waals surface area contributed by atoms with Gasteiger partial charge in [0.2, 0.25) is 5.91 Å². The number of benzene rings is 2. The summed E-state index contributed by atoms with van der Waals surface area (Å²) in [6.45, 7) is 0. The summed E-state index contributed by atoms with van der Waals surface area (Å²) in [5, 5.41) is 5.34. The fraction of sp³-hybridized carbons (Fsp3) is 0.227. The molecule has 1 saturated heterocycles. The Bertz CT molecular complexity index is 1150. The van der Waals surface area contributed by atoms with Gasteiger partial charge in [0.25, 0.3) is 0 Å². The standard InChI is InChI=1S/C22H22N4O4S2/c27-18(24-21(28)23-17-11-12-32(29,30)14-17)13-31-22-25-19(15-7-3-1-4-8-15)20(26-22)16-9-5-2-6-10-16/h1-10,17H,11-14H2,(H,25,26)(H2,23,24,27,28)/t17-/m0/s1. The Morgan fingerprint density at radius 1 is 1.03 bits per heavy atom. The quantitative estimate of drug-likeness (QED) is 0.477. The number of carbonyl (C=O) groups is 2. The third-order valence-electron chi connectivity index (χ3n) is 4.95. The molecule has 0 radical (unpaired) electrons. The lowest BCUT2D eigenvalue weighted by Crippen LogP contribution is -2.45. The normalized spacial score (nSPS) is 17.1. The average molecular weight is 471 g/mol. The molecular weight excluding hydrogens is 448 g/mol. The number of hydrogen-bond donors (Lipinski definition) is 3. The minimum atomic E-state index is -3.11. The van der Waals surface area contributed by atoms with Crippen molar-refractivity contribution >= 4 is 33.5 Å². The van der Waals surface area contributed by atoms with Crippen molar-refractivity contribution in [2.24, 2.45) is 0 Å². The first-order valence-corrected chi connectivity index (χ1v) is 12.8. The van der Waals surface area contributed by atoms with Crippen LogP contribution in [0.5, 0.6) is 0 Å². The first-order valence-electron chi connectivity index (χ1n) is 10.0. The highest BCUT2D eigenvalue weighted by Gasteiger charge is 2.29. The number of nitrogens with zero attached hydrogens (tertiary/aromatic N) is 1. The molecule has 3 aromatic rings. The molecule has 0 bridgehead atoms. The third kappa shape index (κ3) is 5.57. The van der Waals surface area contributed by atoms with Crippen LogP contribution in [0.2, 0.25) is 0 Å². The maximum absolute atomic E-state index is 12.2. The number of nitrogens with one attached hydrogen (secondary N) is 3. The number of H-pyrrole nitrogens is 1. The Morgan fingerprint density at radius 3 is 2.31 bits per heavy atom. The predicted octanol–water partition coefficient (Wildman–Crippen LogP) is 2.85. The number of imidazole rings is 1. The van der Waals surface area contributed by atoms with Crippen LogP contribution in [0.3, 0.4) is 0 Å². The van der Waals surface area contributed by atoms with Crippen molar-refractivity contribution in [2.45, 2.75) is 17.6 Å². The van der Waals surface area contributed by atoms with Crippen molar-refractivity contribution in [3.8, 4) is 22.5 Å². The molecule has 4 rings (SSSR count). The molecule has 0 unspecified atom stereocenters. The number of imide groups is 1. The highest BCUT2D eigenvalue weighted by Crippen LogP contribution is 2.32. The molecule has 0 saturated carbocycles. The number of urea groups is 1. The molecule has 10 heteroatoms. The minimum Gasteiger partial charge on any atom is -0.334 e. The van der Waals surface area contributed by atoms with E-state index in [2.05, 4.69) is 20.6 Å². The van der Waals surface area contributed by atoms with Crippen LogP contribution in [0, 0.1) is 0 Å². The maximum Gasteiger partial charge on any atom is 0.321 e. The monoisotopic (exact) mass is 470 g/mol. The van der Waals surface area contributed by atoms with Crippen LogP contribution in [-0.2, 0) is 14.6 Å². The molecule has 1 aliphatic heterocycles. The maximum atomic E-state index is 12.2. The summed E-state index contributed by atoms with van der Waals surface area (Å²) in [6.07, 6.45) is 0.357. The Hall–Kier alpha value is -3.11. The van der Waals surface area contributed by atoms with Crippen LogP contribution in [0.15, 0.2) is 65.8 Å². The fourth-order valence-electron chi connectivity index (χ4n) is 3.47. The topological polar surface area (TPSA) is 121 Å². The molecule has 3 N–H and O–H groups in total. The molecule has 1 fully saturated rings. The van der Waals surface area contributed by atoms with Crippen LogP contribution in [0.25, 0.3) is 22.5 Å². The number of amides is 3. The molecule has 2 aromatic carbocycles. The largest absolute Gasteiger partial charge is 0.334 e. The van der Waals surface area contributed by atoms with Crippen LogP contribution >= 0.6 is 11.8 Å². The minimum absolute atomic E-state index is 0.0215. The van der Waals surface area contributed by atoms with Gasteiger partial charge >= 0.3 is 6.03 Å². The number of aromatic nitrogens is 2. The Morgan fingerprint density at radius 2 is 1.69 bits per heavy atom. The van der Waals surface area contributed by atoms with E-state index in [1.165, 1.54) is 11.8 Å². The average Bonchev–Trinajstić information content (AvgIpc) is 3.36. The first-order chi connectivity index (χ1) is 15.4. The van der Waals surface area contributed by atoms with E-state index in [-0.39, 0.29) is 17.3 Å². The zero-order valence-corrected chi connectivity index (χ0v) is 18.7. The number of aromatic amines is 1. The van der Waals surface area contributed by atoms with E-state index >= 15 is 0 Å². The molecule has 0 spiro atoms. The van der Waals surface area contributed by atoms with E-state index in [0.717, 1.165) is 22.5 Å². The molecule has 32 heavy (non-hydrogen) atoms. The molecule has 1 atom stereocenters. The highest BCUT2D eigenvalue weighted by molar-refractivity contribution is 7.99. The highest BCUT2D eigenvalue weighted by atomic mass is 32.2. The van der Waals surface area contributed by atoms with Gasteiger partial charge in [-0.2, -0.15) is 0 Å². The second-order valence-corrected chi connectivity index (χ2v) is 10.6. The lowest BCUT2D eigenvalue weighted by molar-refractivity contribution is -0.117. The van der Waals surface area contributed by atoms with E-state index in [9.17, 15) is 18.0 Å². The van der Waals surface area contributed by atoms with Crippen LogP contribution < -0.4 is 10.6 Å². The van der Waals surface area contributed by atoms with Crippen LogP contribution in [0.4, 0.5) is 4.79 Å². The van der Waals surface area contributed by atoms with Gasteiger partial charge < -0.3 is 10.3 Å². The van der Waals surface area contributed by atoms with Gasteiger partial charge in [0.15, 0.2) is 15.0 Å². The van der Waals surface area contributed by atoms with E-state index in [1.807, 2.05) is 60.7 Å². The van der Waals surface area contributed by atoms with Crippen molar-refractivity contribution in [3.05, 3.63) is 60.7 Å². The van der Waals surface area contributed by atoms with E-state index < -0.39 is 27.8 Å². The van der Waals surface area contributed by atoms with E-state index in [4.69, 9.17) is 0 Å². The summed E-state index contributed by atoms with van der Waals surface area (Å²) >= 11 is 1.18. The second kappa shape index (κ2) is 9.58. The van der Waals surface area contributed by atoms with Crippen molar-refractivity contribution in [2.75, 3.05) is 17.3 Å². The molecule has 3 amide bonds. The first kappa shape index (κ1) is 22.1. The van der Waals surface area contributed by atoms with Gasteiger partial charge in [0.05, 0.1) is 28.6 Å². The van der Waals surface area contributed by atoms with Gasteiger partial charge in [-0.1, -0.05) is 72.4 Å².